The van der Waals surface area contributed by atoms with Crippen molar-refractivity contribution in [3.05, 3.63) is 29.6 Å². The van der Waals surface area contributed by atoms with Crippen LogP contribution in [0, 0.1) is 5.41 Å². The van der Waals surface area contributed by atoms with Crippen molar-refractivity contribution in [3.63, 3.8) is 0 Å². The van der Waals surface area contributed by atoms with E-state index in [0.717, 1.165) is 6.42 Å². The number of aryl methyl sites for hydroxylation is 1. The van der Waals surface area contributed by atoms with Crippen molar-refractivity contribution in [1.29, 1.82) is 0 Å². The minimum atomic E-state index is 0.302. The number of nitrogens with zero attached hydrogens (tertiary/aromatic N) is 1. The van der Waals surface area contributed by atoms with Gasteiger partial charge in [-0.3, -0.25) is 4.98 Å². The summed E-state index contributed by atoms with van der Waals surface area (Å²) >= 11 is 0. The van der Waals surface area contributed by atoms with Gasteiger partial charge in [0.1, 0.15) is 0 Å². The molecule has 2 nitrogen and oxygen atoms in total. The van der Waals surface area contributed by atoms with Crippen LogP contribution in [0.5, 0.6) is 0 Å². The Morgan fingerprint density at radius 1 is 1.57 bits per heavy atom. The standard InChI is InChI=1S/C12H18N2/c1-12(2)6-5-9-4-3-7-14-11(9)10(12)8-13/h3-4,7,10H,5-6,8,13H2,1-2H3. The average molecular weight is 190 g/mol. The molecule has 1 aromatic rings. The van der Waals surface area contributed by atoms with E-state index in [4.69, 9.17) is 5.73 Å². The summed E-state index contributed by atoms with van der Waals surface area (Å²) in [6, 6.07) is 4.20. The number of fused-ring (bicyclic) bond motifs is 1. The van der Waals surface area contributed by atoms with Crippen LogP contribution in [0.15, 0.2) is 18.3 Å². The van der Waals surface area contributed by atoms with Gasteiger partial charge in [0, 0.05) is 24.4 Å². The second-order valence-electron chi connectivity index (χ2n) is 4.82. The molecule has 0 bridgehead atoms. The first-order valence-corrected chi connectivity index (χ1v) is 5.29. The molecule has 2 heteroatoms. The number of nitrogens with two attached hydrogens (primary N) is 1. The van der Waals surface area contributed by atoms with E-state index in [-0.39, 0.29) is 0 Å². The fourth-order valence-corrected chi connectivity index (χ4v) is 2.41. The minimum absolute atomic E-state index is 0.302. The third-order valence-corrected chi connectivity index (χ3v) is 3.47. The number of aromatic nitrogens is 1. The van der Waals surface area contributed by atoms with E-state index in [1.54, 1.807) is 0 Å². The summed E-state index contributed by atoms with van der Waals surface area (Å²) in [4.78, 5) is 4.49. The average Bonchev–Trinajstić information content (AvgIpc) is 2.17. The molecule has 2 N–H and O–H groups in total. The predicted molar refractivity (Wildman–Crippen MR) is 58.1 cm³/mol. The van der Waals surface area contributed by atoms with Crippen molar-refractivity contribution in [1.82, 2.24) is 4.98 Å². The maximum Gasteiger partial charge on any atom is 0.0484 e. The Hall–Kier alpha value is -0.890. The molecule has 1 unspecified atom stereocenters. The summed E-state index contributed by atoms with van der Waals surface area (Å²) in [5.41, 5.74) is 8.77. The van der Waals surface area contributed by atoms with Gasteiger partial charge in [0.2, 0.25) is 0 Å². The molecular formula is C12H18N2. The van der Waals surface area contributed by atoms with Crippen molar-refractivity contribution in [2.45, 2.75) is 32.6 Å². The summed E-state index contributed by atoms with van der Waals surface area (Å²) in [6.07, 6.45) is 4.24. The molecule has 1 aliphatic rings. The van der Waals surface area contributed by atoms with E-state index in [9.17, 15) is 0 Å². The maximum atomic E-state index is 5.85. The zero-order chi connectivity index (χ0) is 10.2. The smallest absolute Gasteiger partial charge is 0.0484 e. The number of hydrogen-bond acceptors (Lipinski definition) is 2. The molecule has 0 aromatic carbocycles. The third kappa shape index (κ3) is 1.44. The van der Waals surface area contributed by atoms with Gasteiger partial charge in [-0.2, -0.15) is 0 Å². The van der Waals surface area contributed by atoms with Crippen LogP contribution in [0.1, 0.15) is 37.4 Å². The lowest BCUT2D eigenvalue weighted by Crippen LogP contribution is -2.34. The van der Waals surface area contributed by atoms with Crippen LogP contribution in [-0.2, 0) is 6.42 Å². The molecule has 0 radical (unpaired) electrons. The van der Waals surface area contributed by atoms with Crippen molar-refractivity contribution in [2.75, 3.05) is 6.54 Å². The highest BCUT2D eigenvalue weighted by Crippen LogP contribution is 2.43. The van der Waals surface area contributed by atoms with Crippen molar-refractivity contribution in [3.8, 4) is 0 Å². The van der Waals surface area contributed by atoms with Crippen LogP contribution >= 0.6 is 0 Å². The highest BCUT2D eigenvalue weighted by atomic mass is 14.7. The molecule has 76 valence electrons. The molecule has 1 heterocycles. The number of rotatable bonds is 1. The van der Waals surface area contributed by atoms with E-state index < -0.39 is 0 Å². The third-order valence-electron chi connectivity index (χ3n) is 3.47. The van der Waals surface area contributed by atoms with Gasteiger partial charge >= 0.3 is 0 Å². The van der Waals surface area contributed by atoms with Crippen molar-refractivity contribution in [2.24, 2.45) is 11.1 Å². The van der Waals surface area contributed by atoms with Gasteiger partial charge in [0.15, 0.2) is 0 Å². The largest absolute Gasteiger partial charge is 0.330 e. The molecule has 0 fully saturated rings. The number of hydrogen-bond donors (Lipinski definition) is 1. The van der Waals surface area contributed by atoms with Crippen LogP contribution in [0.4, 0.5) is 0 Å². The van der Waals surface area contributed by atoms with Gasteiger partial charge in [-0.15, -0.1) is 0 Å². The Morgan fingerprint density at radius 3 is 3.07 bits per heavy atom. The summed E-state index contributed by atoms with van der Waals surface area (Å²) in [6.45, 7) is 5.29. The Labute approximate surface area is 85.5 Å². The van der Waals surface area contributed by atoms with Gasteiger partial charge in [-0.05, 0) is 29.9 Å². The van der Waals surface area contributed by atoms with E-state index in [1.165, 1.54) is 17.7 Å². The van der Waals surface area contributed by atoms with Gasteiger partial charge < -0.3 is 5.73 Å². The zero-order valence-corrected chi connectivity index (χ0v) is 8.96. The second-order valence-corrected chi connectivity index (χ2v) is 4.82. The molecule has 14 heavy (non-hydrogen) atoms. The summed E-state index contributed by atoms with van der Waals surface area (Å²) in [5.74, 6) is 0.424. The zero-order valence-electron chi connectivity index (χ0n) is 8.96. The van der Waals surface area contributed by atoms with E-state index in [2.05, 4.69) is 24.9 Å². The van der Waals surface area contributed by atoms with Crippen LogP contribution in [0.2, 0.25) is 0 Å². The summed E-state index contributed by atoms with van der Waals surface area (Å²) in [5, 5.41) is 0. The van der Waals surface area contributed by atoms with E-state index >= 15 is 0 Å². The molecule has 0 amide bonds. The van der Waals surface area contributed by atoms with Gasteiger partial charge in [0.25, 0.3) is 0 Å². The molecule has 0 spiro atoms. The highest BCUT2D eigenvalue weighted by molar-refractivity contribution is 5.28. The second kappa shape index (κ2) is 3.35. The normalized spacial score (nSPS) is 24.4. The molecular weight excluding hydrogens is 172 g/mol. The fraction of sp³-hybridized carbons (Fsp3) is 0.583. The molecule has 2 rings (SSSR count). The topological polar surface area (TPSA) is 38.9 Å². The van der Waals surface area contributed by atoms with Crippen LogP contribution in [0.3, 0.4) is 0 Å². The molecule has 1 aromatic heterocycles. The maximum absolute atomic E-state index is 5.85. The SMILES string of the molecule is CC1(C)CCc2cccnc2C1CN. The Balaban J connectivity index is 2.45. The van der Waals surface area contributed by atoms with Crippen molar-refractivity contribution < 1.29 is 0 Å². The number of pyridine rings is 1. The first-order chi connectivity index (χ1) is 6.65. The molecule has 1 aliphatic carbocycles. The van der Waals surface area contributed by atoms with Gasteiger partial charge in [-0.25, -0.2) is 0 Å². The molecule has 1 atom stereocenters. The Kier molecular flexibility index (Phi) is 2.31. The highest BCUT2D eigenvalue weighted by Gasteiger charge is 2.35. The van der Waals surface area contributed by atoms with Crippen LogP contribution < -0.4 is 5.73 Å². The lowest BCUT2D eigenvalue weighted by molar-refractivity contribution is 0.244. The summed E-state index contributed by atoms with van der Waals surface area (Å²) < 4.78 is 0. The predicted octanol–water partition coefficient (Wildman–Crippen LogP) is 2.10. The van der Waals surface area contributed by atoms with E-state index in [1.807, 2.05) is 12.3 Å². The fourth-order valence-electron chi connectivity index (χ4n) is 2.41. The Bertz CT molecular complexity index is 331. The lowest BCUT2D eigenvalue weighted by atomic mass is 9.68. The quantitative estimate of drug-likeness (QED) is 0.736. The first kappa shape index (κ1) is 9.66. The first-order valence-electron chi connectivity index (χ1n) is 5.29. The van der Waals surface area contributed by atoms with Crippen LogP contribution in [-0.4, -0.2) is 11.5 Å². The lowest BCUT2D eigenvalue weighted by Gasteiger charge is -2.38. The minimum Gasteiger partial charge on any atom is -0.330 e. The van der Waals surface area contributed by atoms with Crippen molar-refractivity contribution >= 4 is 0 Å². The summed E-state index contributed by atoms with van der Waals surface area (Å²) in [7, 11) is 0. The van der Waals surface area contributed by atoms with Crippen LogP contribution in [0.25, 0.3) is 0 Å². The molecule has 0 saturated heterocycles. The molecule has 0 saturated carbocycles. The van der Waals surface area contributed by atoms with E-state index in [0.29, 0.717) is 17.9 Å². The Morgan fingerprint density at radius 2 is 2.36 bits per heavy atom. The molecule has 0 aliphatic heterocycles. The van der Waals surface area contributed by atoms with Gasteiger partial charge in [0.05, 0.1) is 0 Å². The monoisotopic (exact) mass is 190 g/mol. The van der Waals surface area contributed by atoms with Gasteiger partial charge in [-0.1, -0.05) is 19.9 Å².